The third-order valence-corrected chi connectivity index (χ3v) is 18.6. The molecule has 93 heavy (non-hydrogen) atoms. The molecule has 0 saturated heterocycles. The zero-order valence-corrected chi connectivity index (χ0v) is 65.6. The second kappa shape index (κ2) is 42.0. The number of halogens is 1. The summed E-state index contributed by atoms with van der Waals surface area (Å²) in [7, 11) is 0. The minimum Gasteiger partial charge on any atom is -0.870 e. The Morgan fingerprint density at radius 3 is 1.08 bits per heavy atom. The van der Waals surface area contributed by atoms with E-state index in [0.717, 1.165) is 110 Å². The topological polar surface area (TPSA) is 200 Å². The number of rotatable bonds is 30. The molecule has 0 aliphatic rings. The maximum atomic E-state index is 12.4. The first-order valence-electron chi connectivity index (χ1n) is 33.1. The summed E-state index contributed by atoms with van der Waals surface area (Å²) in [4.78, 5) is 59.4. The number of thiazole rings is 3. The zero-order chi connectivity index (χ0) is 68.7. The van der Waals surface area contributed by atoms with Crippen molar-refractivity contribution in [2.45, 2.75) is 210 Å². The molecule has 0 radical (unpaired) electrons. The van der Waals surface area contributed by atoms with Gasteiger partial charge in [-0.05, 0) is 177 Å². The van der Waals surface area contributed by atoms with Gasteiger partial charge in [0, 0.05) is 73.2 Å². The number of nitrogens with two attached hydrogens (primary N) is 1. The Morgan fingerprint density at radius 2 is 0.796 bits per heavy atom. The van der Waals surface area contributed by atoms with Crippen LogP contribution in [0.5, 0.6) is 0 Å². The van der Waals surface area contributed by atoms with E-state index in [0.29, 0.717) is 66.5 Å². The first-order chi connectivity index (χ1) is 42.4. The van der Waals surface area contributed by atoms with Crippen LogP contribution in [-0.4, -0.2) is 82.3 Å². The van der Waals surface area contributed by atoms with Crippen LogP contribution in [0.4, 0.5) is 44.4 Å². The first-order valence-corrected chi connectivity index (χ1v) is 36.3. The fourth-order valence-electron chi connectivity index (χ4n) is 10.7. The minimum absolute atomic E-state index is 0. The molecule has 3 heterocycles. The number of carbonyl (C=O) groups excluding carboxylic acids is 2. The Morgan fingerprint density at radius 1 is 0.473 bits per heavy atom. The molecule has 6 rings (SSSR count). The smallest absolute Gasteiger partial charge is 0.870 e. The van der Waals surface area contributed by atoms with Crippen molar-refractivity contribution >= 4 is 112 Å². The van der Waals surface area contributed by atoms with Crippen molar-refractivity contribution in [3.63, 3.8) is 0 Å². The van der Waals surface area contributed by atoms with Crippen molar-refractivity contribution in [1.82, 2.24) is 15.0 Å². The third-order valence-electron chi connectivity index (χ3n) is 15.1. The molecule has 6 N–H and O–H groups in total. The Hall–Kier alpha value is -4.80. The number of anilines is 8. The molecule has 514 valence electrons. The zero-order valence-electron chi connectivity index (χ0n) is 61.5. The Kier molecular flexibility index (Phi) is 38.9. The van der Waals surface area contributed by atoms with Crippen molar-refractivity contribution in [2.75, 3.05) is 70.3 Å². The number of aliphatic carboxylic acids is 1. The van der Waals surface area contributed by atoms with E-state index < -0.39 is 5.97 Å². The van der Waals surface area contributed by atoms with Gasteiger partial charge in [-0.3, -0.25) is 9.59 Å². The van der Waals surface area contributed by atoms with E-state index in [1.54, 1.807) is 40.9 Å². The van der Waals surface area contributed by atoms with Gasteiger partial charge >= 0.3 is 24.8 Å². The summed E-state index contributed by atoms with van der Waals surface area (Å²) in [5, 5.41) is 18.1. The number of benzene rings is 3. The van der Waals surface area contributed by atoms with Crippen molar-refractivity contribution in [2.24, 2.45) is 41.4 Å². The Balaban J connectivity index is 0.000000657. The summed E-state index contributed by atoms with van der Waals surface area (Å²) in [6.45, 7) is 57.3. The van der Waals surface area contributed by atoms with Crippen LogP contribution in [-0.2, 0) is 14.4 Å². The maximum Gasteiger partial charge on any atom is 1.00 e. The fourth-order valence-corrected chi connectivity index (χ4v) is 14.0. The third kappa shape index (κ3) is 31.3. The molecular weight excluding hydrogens is 1280 g/mol. The van der Waals surface area contributed by atoms with Crippen molar-refractivity contribution in [1.29, 1.82) is 0 Å². The molecule has 0 aliphatic heterocycles. The number of nitrogens with one attached hydrogen (secondary N) is 2. The first kappa shape index (κ1) is 86.2. The molecular formula is C74H117BrLiN9O5S3. The second-order valence-corrected chi connectivity index (χ2v) is 33.1. The van der Waals surface area contributed by atoms with Crippen molar-refractivity contribution in [3.8, 4) is 0 Å². The van der Waals surface area contributed by atoms with Crippen LogP contribution in [0.3, 0.4) is 0 Å². The van der Waals surface area contributed by atoms with Gasteiger partial charge in [-0.1, -0.05) is 136 Å². The van der Waals surface area contributed by atoms with Crippen molar-refractivity contribution < 1.29 is 43.8 Å². The van der Waals surface area contributed by atoms with Crippen LogP contribution in [0, 0.1) is 83.0 Å². The molecule has 19 heteroatoms. The van der Waals surface area contributed by atoms with Gasteiger partial charge in [-0.15, -0.1) is 34.0 Å². The van der Waals surface area contributed by atoms with Crippen LogP contribution in [0.1, 0.15) is 216 Å². The number of Topliss-reactive ketones (excluding diaryl/α,β-unsaturated/α-hetero) is 2. The predicted molar refractivity (Wildman–Crippen MR) is 402 cm³/mol. The number of hydrogen-bond acceptors (Lipinski definition) is 16. The van der Waals surface area contributed by atoms with E-state index >= 15 is 0 Å². The maximum absolute atomic E-state index is 12.4. The van der Waals surface area contributed by atoms with Crippen LogP contribution in [0.15, 0.2) is 58.5 Å². The molecule has 3 aromatic heterocycles. The standard InChI is InChI=1S/C27H43N3OS.C23H35N3O2S.C19H32N2O.C5H6BrNS.Li.H2O/c1-17(2)12-24(31)13-20(7)23-10-11-26(30(15-18(3)4)16-19(5)6)25(14-23)29-27-28-21(8)22(9)32-27;1-14(2)12-26(13-15(3)4)21-9-8-19(16(5)10-22(27)28)11-20(21)25-23-24-17(6)18(7)29-23;1-13(2)11-21(12-14(3)4)19-8-7-17(10-18(19)20)15(5)9-16(6)22;1-3-4(2)8-5(6)7-3;;/h10-11,14,17-20H,12-13,15-16H2,1-9H3,(H,28,29);8-9,11,14-16H,10,12-13H2,1-7H3,(H,24,25)(H,27,28);7-8,10,13-15H,9,11-12,20H2,1-6H3;1-2H3;;1H2/q;;;;+1;/p-1. The van der Waals surface area contributed by atoms with Gasteiger partial charge in [0.05, 0.1) is 57.6 Å². The number of ketones is 2. The molecule has 3 unspecified atom stereocenters. The molecule has 0 aliphatic carbocycles. The quantitative estimate of drug-likeness (QED) is 0.0245. The van der Waals surface area contributed by atoms with E-state index in [-0.39, 0.29) is 54.3 Å². The summed E-state index contributed by atoms with van der Waals surface area (Å²) in [6.07, 6.45) is 1.94. The van der Waals surface area contributed by atoms with Crippen molar-refractivity contribution in [3.05, 3.63) is 107 Å². The van der Waals surface area contributed by atoms with Gasteiger partial charge in [-0.25, -0.2) is 15.0 Å². The van der Waals surface area contributed by atoms with E-state index in [1.807, 2.05) is 26.8 Å². The van der Waals surface area contributed by atoms with E-state index in [1.165, 1.54) is 25.9 Å². The van der Waals surface area contributed by atoms with Crippen LogP contribution in [0.2, 0.25) is 0 Å². The molecule has 0 spiro atoms. The van der Waals surface area contributed by atoms with E-state index in [9.17, 15) is 19.5 Å². The molecule has 0 amide bonds. The number of carboxylic acids is 1. The molecule has 0 fully saturated rings. The van der Waals surface area contributed by atoms with Gasteiger partial charge in [0.2, 0.25) is 0 Å². The summed E-state index contributed by atoms with van der Waals surface area (Å²) in [5.41, 5.74) is 19.3. The average molecular weight is 1400 g/mol. The largest absolute Gasteiger partial charge is 1.00 e. The number of aryl methyl sites for hydroxylation is 6. The molecule has 3 aromatic carbocycles. The summed E-state index contributed by atoms with van der Waals surface area (Å²) >= 11 is 8.31. The van der Waals surface area contributed by atoms with Gasteiger partial charge < -0.3 is 46.4 Å². The van der Waals surface area contributed by atoms with Gasteiger partial charge in [-0.2, -0.15) is 0 Å². The van der Waals surface area contributed by atoms with E-state index in [4.69, 9.17) is 10.7 Å². The summed E-state index contributed by atoms with van der Waals surface area (Å²) in [6, 6.07) is 19.3. The van der Waals surface area contributed by atoms with Crippen LogP contribution in [0.25, 0.3) is 0 Å². The molecule has 6 aromatic rings. The van der Waals surface area contributed by atoms with Crippen LogP contribution >= 0.6 is 49.9 Å². The Bertz CT molecular complexity index is 3120. The number of aromatic nitrogens is 3. The number of nitrogens with zero attached hydrogens (tertiary/aromatic N) is 6. The van der Waals surface area contributed by atoms with Gasteiger partial charge in [0.25, 0.3) is 0 Å². The summed E-state index contributed by atoms with van der Waals surface area (Å²) in [5.74, 6) is 3.96. The predicted octanol–water partition coefficient (Wildman–Crippen LogP) is 17.8. The monoisotopic (exact) mass is 1390 g/mol. The molecule has 0 saturated carbocycles. The molecule has 0 bridgehead atoms. The molecule has 3 atom stereocenters. The average Bonchev–Trinajstić information content (AvgIpc) is 1.56. The summed E-state index contributed by atoms with van der Waals surface area (Å²) < 4.78 is 0.979. The number of hydrogen-bond donors (Lipinski definition) is 4. The SMILES string of the molecule is CC(=O)CC(C)c1ccc(N(CC(C)C)CC(C)C)c(N)c1.Cc1nc(Br)sc1C.Cc1nc(Nc2cc(C(C)CC(=O)CC(C)C)ccc2N(CC(C)C)CC(C)C)sc1C.Cc1nc(Nc2cc(C(C)CC(=O)O)ccc2N(CC(C)C)CC(C)C)sc1C.[Li+].[OH-]. The number of carbonyl (C=O) groups is 3. The van der Waals surface area contributed by atoms with Gasteiger partial charge in [0.15, 0.2) is 14.2 Å². The van der Waals surface area contributed by atoms with Crippen LogP contribution < -0.4 is 49.9 Å². The van der Waals surface area contributed by atoms with Gasteiger partial charge in [0.1, 0.15) is 11.6 Å². The normalized spacial score (nSPS) is 12.1. The van der Waals surface area contributed by atoms with E-state index in [2.05, 4.69) is 238 Å². The fraction of sp³-hybridized carbons (Fsp3) is 0.595. The molecule has 14 nitrogen and oxygen atoms in total. The second-order valence-electron chi connectivity index (χ2n) is 28.2. The minimum atomic E-state index is -0.775. The number of carboxylic acid groups (broad SMARTS) is 1. The Labute approximate surface area is 594 Å². The number of nitrogen functional groups attached to an aromatic ring is 1.